The van der Waals surface area contributed by atoms with Crippen molar-refractivity contribution in [2.75, 3.05) is 38.2 Å². The summed E-state index contributed by atoms with van der Waals surface area (Å²) in [6.45, 7) is 18.1. The van der Waals surface area contributed by atoms with Crippen molar-refractivity contribution in [3.05, 3.63) is 66.6 Å². The third-order valence-electron chi connectivity index (χ3n) is 9.54. The molecule has 12 heteroatoms. The Labute approximate surface area is 305 Å². The minimum absolute atomic E-state index is 0.100. The number of ether oxygens (including phenoxy) is 3. The van der Waals surface area contributed by atoms with Gasteiger partial charge in [0.25, 0.3) is 0 Å². The van der Waals surface area contributed by atoms with Crippen molar-refractivity contribution in [2.45, 2.75) is 96.1 Å². The second-order valence-electron chi connectivity index (χ2n) is 16.1. The number of hydrogen-bond donors (Lipinski definition) is 0. The Bertz CT molecular complexity index is 1680. The van der Waals surface area contributed by atoms with Crippen LogP contribution in [-0.4, -0.2) is 81.2 Å². The predicted octanol–water partition coefficient (Wildman–Crippen LogP) is 9.06. The number of benzene rings is 1. The maximum Gasteiger partial charge on any atom is 0.341 e. The standard InChI is InChI=1S/C39H56FN5O4Si2/c1-8-49-39(46)37(40)31-16-14-30(15-17-31)35-24-36(44(27-47-20-22-50(2,3)4)28-48-21-23-51(5,6)7)45-38(43-35)33(26-42-45)32-18-19-34(41-25-32)29-12-10-9-11-13-29/h9-13,18-19,24-26,30-31,37H,8,14-17,20-23,27-28H2,1-7H3/t30-,31+,37?. The molecular formula is C39H56FN5O4Si2. The first-order valence-corrected chi connectivity index (χ1v) is 25.9. The van der Waals surface area contributed by atoms with Gasteiger partial charge in [-0.15, -0.1) is 0 Å². The molecule has 3 aromatic heterocycles. The molecule has 0 bridgehead atoms. The van der Waals surface area contributed by atoms with Crippen LogP contribution in [0.5, 0.6) is 0 Å². The molecule has 3 heterocycles. The van der Waals surface area contributed by atoms with Crippen molar-refractivity contribution >= 4 is 33.6 Å². The molecule has 1 unspecified atom stereocenters. The van der Waals surface area contributed by atoms with Gasteiger partial charge in [0.1, 0.15) is 19.3 Å². The van der Waals surface area contributed by atoms with Crippen molar-refractivity contribution in [2.24, 2.45) is 5.92 Å². The van der Waals surface area contributed by atoms with E-state index >= 15 is 4.39 Å². The highest BCUT2D eigenvalue weighted by molar-refractivity contribution is 6.76. The van der Waals surface area contributed by atoms with Crippen LogP contribution in [0.3, 0.4) is 0 Å². The highest BCUT2D eigenvalue weighted by atomic mass is 28.3. The van der Waals surface area contributed by atoms with E-state index in [4.69, 9.17) is 29.3 Å². The zero-order valence-corrected chi connectivity index (χ0v) is 33.5. The van der Waals surface area contributed by atoms with E-state index < -0.39 is 28.3 Å². The fraction of sp³-hybridized carbons (Fsp3) is 0.538. The molecule has 0 radical (unpaired) electrons. The maximum atomic E-state index is 15.0. The van der Waals surface area contributed by atoms with Crippen LogP contribution in [0.2, 0.25) is 51.4 Å². The van der Waals surface area contributed by atoms with Crippen molar-refractivity contribution in [1.82, 2.24) is 19.6 Å². The second kappa shape index (κ2) is 17.4. The number of anilines is 1. The van der Waals surface area contributed by atoms with E-state index in [9.17, 15) is 4.79 Å². The summed E-state index contributed by atoms with van der Waals surface area (Å²) in [6.07, 6.45) is 4.77. The topological polar surface area (TPSA) is 91.1 Å². The average Bonchev–Trinajstić information content (AvgIpc) is 3.54. The van der Waals surface area contributed by atoms with Crippen LogP contribution in [0.15, 0.2) is 60.9 Å². The first-order chi connectivity index (χ1) is 24.3. The molecule has 1 aliphatic rings. The van der Waals surface area contributed by atoms with Gasteiger partial charge < -0.3 is 19.1 Å². The number of esters is 1. The van der Waals surface area contributed by atoms with Crippen molar-refractivity contribution < 1.29 is 23.4 Å². The van der Waals surface area contributed by atoms with Crippen LogP contribution >= 0.6 is 0 Å². The maximum absolute atomic E-state index is 15.0. The lowest BCUT2D eigenvalue weighted by Crippen LogP contribution is -2.33. The largest absolute Gasteiger partial charge is 0.464 e. The van der Waals surface area contributed by atoms with E-state index in [1.807, 2.05) is 41.2 Å². The zero-order chi connectivity index (χ0) is 36.6. The molecule has 0 amide bonds. The van der Waals surface area contributed by atoms with Gasteiger partial charge in [-0.3, -0.25) is 4.98 Å². The van der Waals surface area contributed by atoms with E-state index in [1.54, 1.807) is 6.92 Å². The Kier molecular flexibility index (Phi) is 13.2. The van der Waals surface area contributed by atoms with E-state index in [1.165, 1.54) is 0 Å². The number of nitrogens with zero attached hydrogens (tertiary/aromatic N) is 5. The number of hydrogen-bond acceptors (Lipinski definition) is 8. The van der Waals surface area contributed by atoms with Gasteiger partial charge in [-0.2, -0.15) is 9.61 Å². The Morgan fingerprint density at radius 2 is 1.55 bits per heavy atom. The van der Waals surface area contributed by atoms with Gasteiger partial charge in [0.2, 0.25) is 0 Å². The minimum atomic E-state index is -1.60. The number of aromatic nitrogens is 4. The molecule has 0 aliphatic heterocycles. The fourth-order valence-corrected chi connectivity index (χ4v) is 7.85. The van der Waals surface area contributed by atoms with Crippen LogP contribution in [-0.2, 0) is 19.0 Å². The normalized spacial score (nSPS) is 17.4. The monoisotopic (exact) mass is 733 g/mol. The van der Waals surface area contributed by atoms with Crippen molar-refractivity contribution in [1.29, 1.82) is 0 Å². The fourth-order valence-electron chi connectivity index (χ4n) is 6.33. The Hall–Kier alpha value is -3.46. The van der Waals surface area contributed by atoms with Crippen LogP contribution in [0.4, 0.5) is 10.2 Å². The third-order valence-corrected chi connectivity index (χ3v) is 13.0. The molecule has 1 atom stereocenters. The molecular weight excluding hydrogens is 678 g/mol. The lowest BCUT2D eigenvalue weighted by atomic mass is 9.78. The smallest absolute Gasteiger partial charge is 0.341 e. The second-order valence-corrected chi connectivity index (χ2v) is 27.4. The summed E-state index contributed by atoms with van der Waals surface area (Å²) in [5, 5.41) is 4.88. The van der Waals surface area contributed by atoms with E-state index in [0.29, 0.717) is 39.5 Å². The third kappa shape index (κ3) is 10.8. The van der Waals surface area contributed by atoms with E-state index in [0.717, 1.165) is 64.5 Å². The van der Waals surface area contributed by atoms with Gasteiger partial charge in [-0.05, 0) is 50.8 Å². The first kappa shape index (κ1) is 38.8. The molecule has 4 aromatic rings. The molecule has 1 aliphatic carbocycles. The minimum Gasteiger partial charge on any atom is -0.464 e. The number of halogens is 1. The van der Waals surface area contributed by atoms with Crippen molar-refractivity contribution in [3.8, 4) is 22.4 Å². The average molecular weight is 734 g/mol. The number of carbonyl (C=O) groups is 1. The molecule has 1 aromatic carbocycles. The van der Waals surface area contributed by atoms with Crippen molar-refractivity contribution in [3.63, 3.8) is 0 Å². The van der Waals surface area contributed by atoms with Gasteiger partial charge in [-0.25, -0.2) is 14.2 Å². The molecule has 0 saturated heterocycles. The summed E-state index contributed by atoms with van der Waals surface area (Å²) in [5.41, 5.74) is 5.40. The van der Waals surface area contributed by atoms with Crippen LogP contribution in [0, 0.1) is 5.92 Å². The molecule has 9 nitrogen and oxygen atoms in total. The summed E-state index contributed by atoms with van der Waals surface area (Å²) in [7, 11) is -2.56. The van der Waals surface area contributed by atoms with Crippen LogP contribution < -0.4 is 4.90 Å². The number of fused-ring (bicyclic) bond motifs is 1. The summed E-state index contributed by atoms with van der Waals surface area (Å²) >= 11 is 0. The Balaban J connectivity index is 1.49. The van der Waals surface area contributed by atoms with E-state index in [2.05, 4.69) is 68.4 Å². The van der Waals surface area contributed by atoms with Gasteiger partial charge in [-0.1, -0.05) is 75.7 Å². The van der Waals surface area contributed by atoms with Crippen LogP contribution in [0.25, 0.3) is 28.0 Å². The molecule has 1 fully saturated rings. The Morgan fingerprint density at radius 3 is 2.12 bits per heavy atom. The number of rotatable bonds is 17. The Morgan fingerprint density at radius 1 is 0.902 bits per heavy atom. The lowest BCUT2D eigenvalue weighted by Gasteiger charge is -2.31. The van der Waals surface area contributed by atoms with Gasteiger partial charge in [0.15, 0.2) is 11.8 Å². The molecule has 1 saturated carbocycles. The highest BCUT2D eigenvalue weighted by Crippen LogP contribution is 2.39. The van der Waals surface area contributed by atoms with Crippen LogP contribution in [0.1, 0.15) is 44.2 Å². The molecule has 5 rings (SSSR count). The summed E-state index contributed by atoms with van der Waals surface area (Å²) in [4.78, 5) is 24.3. The number of alkyl halides is 1. The summed E-state index contributed by atoms with van der Waals surface area (Å²) in [6, 6.07) is 18.5. The number of pyridine rings is 1. The summed E-state index contributed by atoms with van der Waals surface area (Å²) < 4.78 is 34.5. The zero-order valence-electron chi connectivity index (χ0n) is 31.5. The summed E-state index contributed by atoms with van der Waals surface area (Å²) in [5.74, 6) is -0.159. The van der Waals surface area contributed by atoms with Gasteiger partial charge in [0.05, 0.1) is 18.5 Å². The molecule has 276 valence electrons. The van der Waals surface area contributed by atoms with Gasteiger partial charge >= 0.3 is 5.97 Å². The van der Waals surface area contributed by atoms with E-state index in [-0.39, 0.29) is 18.4 Å². The molecule has 0 spiro atoms. The SMILES string of the molecule is CCOC(=O)C(F)[C@H]1CC[C@@H](c2cc(N(COCC[Si](C)(C)C)COCC[Si](C)(C)C)n3ncc(-c4ccc(-c5ccccc5)nc4)c3n2)CC1. The van der Waals surface area contributed by atoms with Gasteiger partial charge in [0, 0.05) is 75.8 Å². The lowest BCUT2D eigenvalue weighted by molar-refractivity contribution is -0.151. The quantitative estimate of drug-likeness (QED) is 0.0460. The molecule has 51 heavy (non-hydrogen) atoms. The molecule has 0 N–H and O–H groups in total. The highest BCUT2D eigenvalue weighted by Gasteiger charge is 2.34. The number of carbonyl (C=O) groups excluding carboxylic acids is 1. The first-order valence-electron chi connectivity index (χ1n) is 18.4. The predicted molar refractivity (Wildman–Crippen MR) is 208 cm³/mol.